The number of fused-ring (bicyclic) bond motifs is 6. The maximum Gasteiger partial charge on any atom is 0.145 e. The van der Waals surface area contributed by atoms with Gasteiger partial charge in [-0.05, 0) is 221 Å². The molecule has 8 aromatic carbocycles. The van der Waals surface area contributed by atoms with Crippen LogP contribution in [0.4, 0.5) is 0 Å². The molecule has 3 heterocycles. The molecule has 0 N–H and O–H groups in total. The molecule has 354 valence electrons. The Morgan fingerprint density at radius 2 is 1.29 bits per heavy atom. The van der Waals surface area contributed by atoms with E-state index >= 15 is 0 Å². The number of ether oxygens (including phenoxy) is 1. The normalized spacial score (nSPS) is 17.0. The summed E-state index contributed by atoms with van der Waals surface area (Å²) in [5.41, 5.74) is 11.5. The van der Waals surface area contributed by atoms with Gasteiger partial charge in [-0.25, -0.2) is 0 Å². The number of aromatic nitrogens is 2. The van der Waals surface area contributed by atoms with Crippen molar-refractivity contribution in [3.8, 4) is 67.4 Å². The summed E-state index contributed by atoms with van der Waals surface area (Å²) >= 11 is 0. The van der Waals surface area contributed by atoms with Crippen molar-refractivity contribution < 1.29 is 22.9 Å². The molecule has 0 saturated heterocycles. The maximum absolute atomic E-state index is 9.44. The van der Waals surface area contributed by atoms with E-state index < -0.39 is 32.0 Å². The average molecular weight is 947 g/mol. The van der Waals surface area contributed by atoms with E-state index in [1.807, 2.05) is 43.5 Å². The van der Waals surface area contributed by atoms with Crippen LogP contribution in [0, 0.1) is 46.7 Å². The second-order valence-electron chi connectivity index (χ2n) is 20.5. The van der Waals surface area contributed by atoms with Gasteiger partial charge in [-0.1, -0.05) is 117 Å². The second-order valence-corrected chi connectivity index (χ2v) is 20.5. The minimum Gasteiger partial charge on any atom is -0.457 e. The molecule has 4 heteroatoms. The summed E-state index contributed by atoms with van der Waals surface area (Å²) in [6.07, 6.45) is 6.70. The standard InChI is InChI=1S/C68H60N2O2/c1-40-30-63(69-38-43(40)4)52-32-58(47-14-10-9-11-15-47)45(6)65(33-52)71-53-34-61-60-31-51-19-18-48-16-12-13-17-56(48)59(51)37-66(60)72-67(61)62(35-53)64-36-57(44(5)39-70-64)55-23-21-50(29-42(55)3)54-22-20-49(28-41(54)2)46-24-26-68(7,8)27-25-46/h9-23,28-39,46H,24-27H2,1-8H3/i1D3,4D3,6D3,46D. The summed E-state index contributed by atoms with van der Waals surface area (Å²) < 4.78 is 99.8. The van der Waals surface area contributed by atoms with Crippen LogP contribution in [0.25, 0.3) is 99.4 Å². The highest BCUT2D eigenvalue weighted by Gasteiger charge is 2.28. The average Bonchev–Trinajstić information content (AvgIpc) is 3.31. The van der Waals surface area contributed by atoms with Gasteiger partial charge in [0.2, 0.25) is 0 Å². The molecular formula is C68H60N2O2. The highest BCUT2D eigenvalue weighted by atomic mass is 16.5. The third-order valence-corrected chi connectivity index (χ3v) is 15.1. The summed E-state index contributed by atoms with van der Waals surface area (Å²) in [6, 6.07) is 48.8. The molecule has 1 fully saturated rings. The van der Waals surface area contributed by atoms with Crippen LogP contribution in [0.3, 0.4) is 0 Å². The molecule has 0 unspecified atom stereocenters. The number of rotatable bonds is 8. The number of hydrogen-bond donors (Lipinski definition) is 0. The Balaban J connectivity index is 1.02. The lowest BCUT2D eigenvalue weighted by Gasteiger charge is -2.34. The summed E-state index contributed by atoms with van der Waals surface area (Å²) in [7, 11) is 0. The van der Waals surface area contributed by atoms with Gasteiger partial charge in [-0.3, -0.25) is 9.97 Å². The molecular weight excluding hydrogens is 877 g/mol. The van der Waals surface area contributed by atoms with Gasteiger partial charge in [0, 0.05) is 48.0 Å². The number of furan rings is 1. The van der Waals surface area contributed by atoms with Crippen LogP contribution >= 0.6 is 0 Å². The molecule has 11 aromatic rings. The van der Waals surface area contributed by atoms with Crippen molar-refractivity contribution in [3.05, 3.63) is 203 Å². The lowest BCUT2D eigenvalue weighted by molar-refractivity contribution is 0.224. The van der Waals surface area contributed by atoms with E-state index in [0.29, 0.717) is 44.5 Å². The second kappa shape index (κ2) is 17.8. The zero-order valence-electron chi connectivity index (χ0n) is 51.1. The lowest BCUT2D eigenvalue weighted by atomic mass is 9.71. The van der Waals surface area contributed by atoms with Crippen molar-refractivity contribution in [1.29, 1.82) is 0 Å². The first kappa shape index (κ1) is 35.3. The highest BCUT2D eigenvalue weighted by molar-refractivity contribution is 6.18. The molecule has 1 aliphatic carbocycles. The molecule has 1 saturated carbocycles. The predicted molar refractivity (Wildman–Crippen MR) is 301 cm³/mol. The zero-order valence-corrected chi connectivity index (χ0v) is 41.1. The molecule has 0 amide bonds. The predicted octanol–water partition coefficient (Wildman–Crippen LogP) is 19.3. The minimum absolute atomic E-state index is 0.0427. The Bertz CT molecular complexity index is 4350. The number of benzene rings is 8. The van der Waals surface area contributed by atoms with Gasteiger partial charge in [0.25, 0.3) is 0 Å². The van der Waals surface area contributed by atoms with E-state index in [1.165, 1.54) is 12.1 Å². The summed E-state index contributed by atoms with van der Waals surface area (Å²) in [6.45, 7) is 2.59. The van der Waals surface area contributed by atoms with Crippen LogP contribution in [0.5, 0.6) is 11.5 Å². The van der Waals surface area contributed by atoms with Crippen LogP contribution in [0.2, 0.25) is 0 Å². The van der Waals surface area contributed by atoms with Gasteiger partial charge in [-0.2, -0.15) is 0 Å². The van der Waals surface area contributed by atoms with Gasteiger partial charge in [0.15, 0.2) is 0 Å². The van der Waals surface area contributed by atoms with Crippen molar-refractivity contribution in [2.45, 2.75) is 86.8 Å². The quantitative estimate of drug-likeness (QED) is 0.142. The van der Waals surface area contributed by atoms with E-state index in [2.05, 4.69) is 112 Å². The van der Waals surface area contributed by atoms with Gasteiger partial charge in [0.1, 0.15) is 22.7 Å². The number of aryl methyl sites for hydroxylation is 5. The van der Waals surface area contributed by atoms with E-state index in [4.69, 9.17) is 26.5 Å². The summed E-state index contributed by atoms with van der Waals surface area (Å²) in [4.78, 5) is 9.56. The molecule has 0 spiro atoms. The first-order valence-electron chi connectivity index (χ1n) is 29.8. The number of pyridine rings is 2. The Hall–Kier alpha value is -7.82. The van der Waals surface area contributed by atoms with Crippen LogP contribution in [0.15, 0.2) is 168 Å². The molecule has 0 atom stereocenters. The van der Waals surface area contributed by atoms with Crippen molar-refractivity contribution in [2.24, 2.45) is 5.41 Å². The molecule has 12 rings (SSSR count). The fourth-order valence-corrected chi connectivity index (χ4v) is 10.9. The summed E-state index contributed by atoms with van der Waals surface area (Å²) in [5, 5.41) is 5.69. The molecule has 0 bridgehead atoms. The lowest BCUT2D eigenvalue weighted by Crippen LogP contribution is -2.20. The molecule has 0 aliphatic heterocycles. The van der Waals surface area contributed by atoms with Crippen molar-refractivity contribution >= 4 is 43.5 Å². The molecule has 3 aromatic heterocycles. The Labute approximate surface area is 437 Å². The Morgan fingerprint density at radius 1 is 0.528 bits per heavy atom. The van der Waals surface area contributed by atoms with E-state index in [-0.39, 0.29) is 33.7 Å². The zero-order chi connectivity index (χ0) is 57.8. The topological polar surface area (TPSA) is 48.2 Å². The van der Waals surface area contributed by atoms with Crippen LogP contribution in [-0.4, -0.2) is 9.97 Å². The maximum atomic E-state index is 9.44. The Morgan fingerprint density at radius 3 is 2.10 bits per heavy atom. The molecule has 0 radical (unpaired) electrons. The fourth-order valence-electron chi connectivity index (χ4n) is 10.9. The number of nitrogens with zero attached hydrogens (tertiary/aromatic N) is 2. The third-order valence-electron chi connectivity index (χ3n) is 15.1. The van der Waals surface area contributed by atoms with Crippen molar-refractivity contribution in [3.63, 3.8) is 0 Å². The largest absolute Gasteiger partial charge is 0.457 e. The van der Waals surface area contributed by atoms with E-state index in [1.54, 1.807) is 30.3 Å². The smallest absolute Gasteiger partial charge is 0.145 e. The van der Waals surface area contributed by atoms with Crippen LogP contribution in [-0.2, 0) is 0 Å². The SMILES string of the molecule is [2H]C([2H])([2H])c1cnc(-c2cc(Oc3cc(-c4cc(-c5ccc(-c6ccc(C7([2H])CCC(C)(C)CC7)cc6C)cc5C)c(C)cn4)c4oc5cc6c(ccc7ccccc76)cc5c4c3)c(C([2H])([2H])[2H])c(-c3ccccc3)c2)cc1C([2H])([2H])[2H]. The number of hydrogen-bond acceptors (Lipinski definition) is 4. The van der Waals surface area contributed by atoms with Gasteiger partial charge < -0.3 is 9.15 Å². The molecule has 72 heavy (non-hydrogen) atoms. The minimum atomic E-state index is -2.81. The first-order valence-corrected chi connectivity index (χ1v) is 24.8. The Kier molecular flexibility index (Phi) is 8.72. The van der Waals surface area contributed by atoms with Crippen LogP contribution in [0.1, 0.15) is 98.1 Å². The molecule has 1 aliphatic rings. The van der Waals surface area contributed by atoms with Gasteiger partial charge >= 0.3 is 0 Å². The fraction of sp³-hybridized carbons (Fsp3) is 0.206. The van der Waals surface area contributed by atoms with Gasteiger partial charge in [-0.15, -0.1) is 0 Å². The van der Waals surface area contributed by atoms with Crippen molar-refractivity contribution in [1.82, 2.24) is 9.97 Å². The van der Waals surface area contributed by atoms with Crippen molar-refractivity contribution in [2.75, 3.05) is 0 Å². The first-order chi connectivity index (χ1) is 38.8. The highest BCUT2D eigenvalue weighted by Crippen LogP contribution is 2.46. The monoisotopic (exact) mass is 947 g/mol. The van der Waals surface area contributed by atoms with Gasteiger partial charge in [0.05, 0.1) is 11.4 Å². The summed E-state index contributed by atoms with van der Waals surface area (Å²) in [5.74, 6) is -0.353. The van der Waals surface area contributed by atoms with E-state index in [0.717, 1.165) is 103 Å². The molecule has 4 nitrogen and oxygen atoms in total. The van der Waals surface area contributed by atoms with Crippen LogP contribution < -0.4 is 4.74 Å². The van der Waals surface area contributed by atoms with E-state index in [9.17, 15) is 1.37 Å². The third kappa shape index (κ3) is 8.23.